The molecule has 30 heavy (non-hydrogen) atoms. The van der Waals surface area contributed by atoms with E-state index in [9.17, 15) is 9.59 Å². The van der Waals surface area contributed by atoms with E-state index >= 15 is 0 Å². The standard InChI is InChI=1S/C24H26N2O4/c1-2-14-30-20-10-8-19(9-11-20)21-22(25-12-15-29-16-13-25)24(28)26(23(21)27)17-18-6-4-3-5-7-18/h3-11H,2,12-17H2,1H3. The van der Waals surface area contributed by atoms with Gasteiger partial charge in [0, 0.05) is 13.1 Å². The van der Waals surface area contributed by atoms with Crippen molar-refractivity contribution in [2.75, 3.05) is 32.9 Å². The zero-order valence-corrected chi connectivity index (χ0v) is 17.2. The van der Waals surface area contributed by atoms with Crippen molar-refractivity contribution in [3.63, 3.8) is 0 Å². The van der Waals surface area contributed by atoms with E-state index in [0.717, 1.165) is 23.3 Å². The van der Waals surface area contributed by atoms with Gasteiger partial charge in [0.2, 0.25) is 0 Å². The second-order valence-corrected chi connectivity index (χ2v) is 7.38. The van der Waals surface area contributed by atoms with Crippen LogP contribution in [0.2, 0.25) is 0 Å². The van der Waals surface area contributed by atoms with Crippen molar-refractivity contribution in [2.45, 2.75) is 19.9 Å². The summed E-state index contributed by atoms with van der Waals surface area (Å²) in [4.78, 5) is 30.1. The third-order valence-electron chi connectivity index (χ3n) is 5.27. The van der Waals surface area contributed by atoms with E-state index in [1.54, 1.807) is 0 Å². The Morgan fingerprint density at radius 2 is 1.63 bits per heavy atom. The predicted octanol–water partition coefficient (Wildman–Crippen LogP) is 3.09. The summed E-state index contributed by atoms with van der Waals surface area (Å²) < 4.78 is 11.1. The maximum Gasteiger partial charge on any atom is 0.278 e. The molecular weight excluding hydrogens is 380 g/mol. The first-order valence-electron chi connectivity index (χ1n) is 10.4. The lowest BCUT2D eigenvalue weighted by Crippen LogP contribution is -2.40. The summed E-state index contributed by atoms with van der Waals surface area (Å²) in [5, 5.41) is 0. The number of morpholine rings is 1. The normalized spacial score (nSPS) is 17.1. The third-order valence-corrected chi connectivity index (χ3v) is 5.27. The van der Waals surface area contributed by atoms with Gasteiger partial charge >= 0.3 is 0 Å². The maximum atomic E-state index is 13.4. The molecule has 0 bridgehead atoms. The van der Waals surface area contributed by atoms with Gasteiger partial charge in [0.1, 0.15) is 11.4 Å². The average Bonchev–Trinajstić information content (AvgIpc) is 3.04. The van der Waals surface area contributed by atoms with E-state index in [-0.39, 0.29) is 18.4 Å². The molecule has 0 radical (unpaired) electrons. The molecule has 2 aromatic carbocycles. The Labute approximate surface area is 176 Å². The molecule has 2 amide bonds. The highest BCUT2D eigenvalue weighted by molar-refractivity contribution is 6.35. The minimum absolute atomic E-state index is 0.243. The molecule has 0 spiro atoms. The van der Waals surface area contributed by atoms with Gasteiger partial charge in [-0.2, -0.15) is 0 Å². The van der Waals surface area contributed by atoms with E-state index in [2.05, 4.69) is 6.92 Å². The number of hydrogen-bond acceptors (Lipinski definition) is 5. The van der Waals surface area contributed by atoms with Gasteiger partial charge in [-0.05, 0) is 29.7 Å². The van der Waals surface area contributed by atoms with Crippen LogP contribution in [-0.4, -0.2) is 54.5 Å². The van der Waals surface area contributed by atoms with Crippen LogP contribution < -0.4 is 4.74 Å². The van der Waals surface area contributed by atoms with E-state index in [1.807, 2.05) is 59.5 Å². The molecule has 1 saturated heterocycles. The van der Waals surface area contributed by atoms with Crippen LogP contribution in [0.25, 0.3) is 5.57 Å². The molecule has 2 heterocycles. The van der Waals surface area contributed by atoms with Crippen molar-refractivity contribution in [3.05, 3.63) is 71.4 Å². The molecule has 2 aliphatic heterocycles. The second kappa shape index (κ2) is 9.13. The summed E-state index contributed by atoms with van der Waals surface area (Å²) in [5.74, 6) is 0.256. The smallest absolute Gasteiger partial charge is 0.278 e. The molecule has 0 unspecified atom stereocenters. The van der Waals surface area contributed by atoms with Crippen LogP contribution in [0.1, 0.15) is 24.5 Å². The molecule has 0 saturated carbocycles. The van der Waals surface area contributed by atoms with Crippen LogP contribution in [0.4, 0.5) is 0 Å². The first kappa shape index (κ1) is 20.2. The Bertz CT molecular complexity index is 931. The van der Waals surface area contributed by atoms with Crippen molar-refractivity contribution in [1.29, 1.82) is 0 Å². The molecule has 0 atom stereocenters. The van der Waals surface area contributed by atoms with Gasteiger partial charge in [0.15, 0.2) is 0 Å². The number of hydrogen-bond donors (Lipinski definition) is 0. The van der Waals surface area contributed by atoms with Gasteiger partial charge in [-0.15, -0.1) is 0 Å². The zero-order chi connectivity index (χ0) is 20.9. The summed E-state index contributed by atoms with van der Waals surface area (Å²) in [5.41, 5.74) is 2.58. The lowest BCUT2D eigenvalue weighted by Gasteiger charge is -2.29. The first-order chi connectivity index (χ1) is 14.7. The Hall–Kier alpha value is -3.12. The van der Waals surface area contributed by atoms with E-state index in [0.29, 0.717) is 44.2 Å². The van der Waals surface area contributed by atoms with Crippen LogP contribution in [-0.2, 0) is 20.9 Å². The van der Waals surface area contributed by atoms with Crippen molar-refractivity contribution < 1.29 is 19.1 Å². The molecule has 1 fully saturated rings. The summed E-state index contributed by atoms with van der Waals surface area (Å²) in [6.45, 7) is 5.22. The number of ether oxygens (including phenoxy) is 2. The third kappa shape index (κ3) is 4.09. The zero-order valence-electron chi connectivity index (χ0n) is 17.2. The molecule has 156 valence electrons. The summed E-state index contributed by atoms with van der Waals surface area (Å²) in [6.07, 6.45) is 0.926. The predicted molar refractivity (Wildman–Crippen MR) is 114 cm³/mol. The Morgan fingerprint density at radius 1 is 0.933 bits per heavy atom. The second-order valence-electron chi connectivity index (χ2n) is 7.38. The summed E-state index contributed by atoms with van der Waals surface area (Å²) in [6, 6.07) is 17.0. The highest BCUT2D eigenvalue weighted by atomic mass is 16.5. The van der Waals surface area contributed by atoms with Gasteiger partial charge in [0.05, 0.1) is 31.9 Å². The molecule has 0 aliphatic carbocycles. The highest BCUT2D eigenvalue weighted by Crippen LogP contribution is 2.33. The average molecular weight is 406 g/mol. The van der Waals surface area contributed by atoms with Gasteiger partial charge in [0.25, 0.3) is 11.8 Å². The van der Waals surface area contributed by atoms with Crippen LogP contribution in [0, 0.1) is 0 Å². The Balaban J connectivity index is 1.67. The molecule has 2 aromatic rings. The number of carbonyl (C=O) groups excluding carboxylic acids is 2. The minimum atomic E-state index is -0.257. The summed E-state index contributed by atoms with van der Waals surface area (Å²) in [7, 11) is 0. The van der Waals surface area contributed by atoms with E-state index < -0.39 is 0 Å². The molecule has 4 rings (SSSR count). The van der Waals surface area contributed by atoms with Crippen LogP contribution in [0.3, 0.4) is 0 Å². The largest absolute Gasteiger partial charge is 0.494 e. The number of rotatable bonds is 7. The minimum Gasteiger partial charge on any atom is -0.494 e. The van der Waals surface area contributed by atoms with Crippen molar-refractivity contribution in [3.8, 4) is 5.75 Å². The Morgan fingerprint density at radius 3 is 2.30 bits per heavy atom. The maximum absolute atomic E-state index is 13.4. The van der Waals surface area contributed by atoms with E-state index in [1.165, 1.54) is 4.90 Å². The number of carbonyl (C=O) groups is 2. The lowest BCUT2D eigenvalue weighted by atomic mass is 10.0. The number of benzene rings is 2. The monoisotopic (exact) mass is 406 g/mol. The van der Waals surface area contributed by atoms with Gasteiger partial charge in [-0.3, -0.25) is 14.5 Å². The molecule has 2 aliphatic rings. The molecular formula is C24H26N2O4. The number of amides is 2. The quantitative estimate of drug-likeness (QED) is 0.662. The van der Waals surface area contributed by atoms with Crippen molar-refractivity contribution in [1.82, 2.24) is 9.80 Å². The van der Waals surface area contributed by atoms with Crippen LogP contribution in [0.15, 0.2) is 60.3 Å². The van der Waals surface area contributed by atoms with Crippen LogP contribution >= 0.6 is 0 Å². The topological polar surface area (TPSA) is 59.1 Å². The molecule has 0 N–H and O–H groups in total. The van der Waals surface area contributed by atoms with E-state index in [4.69, 9.17) is 9.47 Å². The SMILES string of the molecule is CCCOc1ccc(C2=C(N3CCOCC3)C(=O)N(Cc3ccccc3)C2=O)cc1. The van der Waals surface area contributed by atoms with Crippen molar-refractivity contribution >= 4 is 17.4 Å². The summed E-state index contributed by atoms with van der Waals surface area (Å²) >= 11 is 0. The lowest BCUT2D eigenvalue weighted by molar-refractivity contribution is -0.138. The Kier molecular flexibility index (Phi) is 6.14. The molecule has 6 heteroatoms. The molecule has 0 aromatic heterocycles. The van der Waals surface area contributed by atoms with Crippen LogP contribution in [0.5, 0.6) is 5.75 Å². The van der Waals surface area contributed by atoms with Crippen molar-refractivity contribution in [2.24, 2.45) is 0 Å². The highest BCUT2D eigenvalue weighted by Gasteiger charge is 2.41. The van der Waals surface area contributed by atoms with Gasteiger partial charge in [-0.25, -0.2) is 0 Å². The number of nitrogens with zero attached hydrogens (tertiary/aromatic N) is 2. The first-order valence-corrected chi connectivity index (χ1v) is 10.4. The fraction of sp³-hybridized carbons (Fsp3) is 0.333. The fourth-order valence-corrected chi connectivity index (χ4v) is 3.75. The fourth-order valence-electron chi connectivity index (χ4n) is 3.75. The van der Waals surface area contributed by atoms with Gasteiger partial charge in [-0.1, -0.05) is 49.4 Å². The number of imide groups is 1. The van der Waals surface area contributed by atoms with Gasteiger partial charge < -0.3 is 14.4 Å². The molecule has 6 nitrogen and oxygen atoms in total.